The molecule has 1 aliphatic carbocycles. The average molecular weight is 602 g/mol. The number of thiophene rings is 2. The van der Waals surface area contributed by atoms with Crippen molar-refractivity contribution in [3.63, 3.8) is 0 Å². The number of anilines is 1. The fourth-order valence-electron chi connectivity index (χ4n) is 5.15. The standard InChI is InChI=1S/C31H27N3O4S3/c1-18-13-14-21-23(15-18)41-28-25(21)29(36)34(20-11-7-4-8-12-20)31(33-28)40-17-24(35)32-27-26(30(37)38-2)22(16-39-27)19-9-5-3-6-10-19/h3-12,16,18H,13-15,17H2,1-2H3,(H,32,35). The highest BCUT2D eigenvalue weighted by Gasteiger charge is 2.26. The van der Waals surface area contributed by atoms with Crippen LogP contribution in [0.15, 0.2) is 76.0 Å². The van der Waals surface area contributed by atoms with E-state index in [2.05, 4.69) is 12.2 Å². The zero-order valence-electron chi connectivity index (χ0n) is 22.5. The number of carbonyl (C=O) groups is 2. The molecule has 0 aliphatic heterocycles. The molecular formula is C31H27N3O4S3. The van der Waals surface area contributed by atoms with Crippen LogP contribution in [0.1, 0.15) is 34.1 Å². The minimum Gasteiger partial charge on any atom is -0.465 e. The number of thioether (sulfide) groups is 1. The first-order valence-corrected chi connectivity index (χ1v) is 15.9. The van der Waals surface area contributed by atoms with Gasteiger partial charge in [0.1, 0.15) is 15.4 Å². The molecule has 0 saturated heterocycles. The second-order valence-corrected chi connectivity index (χ2v) is 12.9. The van der Waals surface area contributed by atoms with Crippen molar-refractivity contribution in [2.75, 3.05) is 18.2 Å². The van der Waals surface area contributed by atoms with E-state index in [9.17, 15) is 14.4 Å². The quantitative estimate of drug-likeness (QED) is 0.125. The molecule has 41 heavy (non-hydrogen) atoms. The molecule has 1 unspecified atom stereocenters. The number of hydrogen-bond donors (Lipinski definition) is 1. The Labute approximate surface area is 249 Å². The largest absolute Gasteiger partial charge is 0.465 e. The average Bonchev–Trinajstić information content (AvgIpc) is 3.57. The lowest BCUT2D eigenvalue weighted by molar-refractivity contribution is -0.113. The summed E-state index contributed by atoms with van der Waals surface area (Å²) in [5.41, 5.74) is 3.61. The van der Waals surface area contributed by atoms with E-state index < -0.39 is 5.97 Å². The van der Waals surface area contributed by atoms with E-state index in [0.717, 1.165) is 35.2 Å². The molecule has 10 heteroatoms. The van der Waals surface area contributed by atoms with Gasteiger partial charge in [-0.3, -0.25) is 14.2 Å². The number of ether oxygens (including phenoxy) is 1. The second kappa shape index (κ2) is 11.6. The Balaban J connectivity index is 1.32. The lowest BCUT2D eigenvalue weighted by Gasteiger charge is -2.17. The Morgan fingerprint density at radius 1 is 1.12 bits per heavy atom. The SMILES string of the molecule is COC(=O)c1c(-c2ccccc2)csc1NC(=O)CSc1nc2sc3c(c2c(=O)n1-c1ccccc1)CCC(C)C3. The zero-order chi connectivity index (χ0) is 28.5. The number of esters is 1. The molecule has 6 rings (SSSR count). The van der Waals surface area contributed by atoms with Crippen LogP contribution in [0.2, 0.25) is 0 Å². The number of rotatable bonds is 7. The third-order valence-corrected chi connectivity index (χ3v) is 10.1. The molecule has 7 nitrogen and oxygen atoms in total. The number of aryl methyl sites for hydroxylation is 1. The van der Waals surface area contributed by atoms with Gasteiger partial charge < -0.3 is 10.1 Å². The predicted octanol–water partition coefficient (Wildman–Crippen LogP) is 6.82. The Morgan fingerprint density at radius 2 is 1.85 bits per heavy atom. The van der Waals surface area contributed by atoms with Gasteiger partial charge in [0, 0.05) is 15.8 Å². The first-order chi connectivity index (χ1) is 19.9. The molecular weight excluding hydrogens is 575 g/mol. The number of methoxy groups -OCH3 is 1. The summed E-state index contributed by atoms with van der Waals surface area (Å²) < 4.78 is 6.65. The van der Waals surface area contributed by atoms with E-state index in [0.29, 0.717) is 38.3 Å². The number of para-hydroxylation sites is 1. The molecule has 0 spiro atoms. The van der Waals surface area contributed by atoms with Crippen LogP contribution < -0.4 is 10.9 Å². The summed E-state index contributed by atoms with van der Waals surface area (Å²) in [6, 6.07) is 18.9. The maximum absolute atomic E-state index is 14.0. The Bertz CT molecular complexity index is 1810. The predicted molar refractivity (Wildman–Crippen MR) is 167 cm³/mol. The first kappa shape index (κ1) is 27.4. The number of benzene rings is 2. The number of aromatic nitrogens is 2. The lowest BCUT2D eigenvalue weighted by Crippen LogP contribution is -2.23. The summed E-state index contributed by atoms with van der Waals surface area (Å²) in [5, 5.41) is 6.30. The first-order valence-electron chi connectivity index (χ1n) is 13.2. The van der Waals surface area contributed by atoms with Gasteiger partial charge in [0.2, 0.25) is 5.91 Å². The van der Waals surface area contributed by atoms with Gasteiger partial charge in [-0.2, -0.15) is 0 Å². The van der Waals surface area contributed by atoms with E-state index in [4.69, 9.17) is 9.72 Å². The smallest absolute Gasteiger partial charge is 0.341 e. The number of carbonyl (C=O) groups excluding carboxylic acids is 2. The van der Waals surface area contributed by atoms with Gasteiger partial charge in [0.25, 0.3) is 5.56 Å². The Morgan fingerprint density at radius 3 is 2.59 bits per heavy atom. The molecule has 1 aliphatic rings. The van der Waals surface area contributed by atoms with Crippen LogP contribution in [-0.2, 0) is 22.4 Å². The van der Waals surface area contributed by atoms with Crippen molar-refractivity contribution in [2.45, 2.75) is 31.3 Å². The number of amides is 1. The summed E-state index contributed by atoms with van der Waals surface area (Å²) in [4.78, 5) is 46.7. The van der Waals surface area contributed by atoms with E-state index >= 15 is 0 Å². The van der Waals surface area contributed by atoms with Gasteiger partial charge in [-0.05, 0) is 48.4 Å². The molecule has 3 heterocycles. The van der Waals surface area contributed by atoms with Gasteiger partial charge in [0.15, 0.2) is 5.16 Å². The van der Waals surface area contributed by atoms with Gasteiger partial charge in [-0.15, -0.1) is 22.7 Å². The highest BCUT2D eigenvalue weighted by Crippen LogP contribution is 2.38. The summed E-state index contributed by atoms with van der Waals surface area (Å²) in [5.74, 6) is -0.241. The van der Waals surface area contributed by atoms with Gasteiger partial charge in [0.05, 0.1) is 23.9 Å². The number of nitrogens with one attached hydrogen (secondary N) is 1. The number of nitrogens with zero attached hydrogens (tertiary/aromatic N) is 2. The van der Waals surface area contributed by atoms with Crippen molar-refractivity contribution in [2.24, 2.45) is 5.92 Å². The van der Waals surface area contributed by atoms with Crippen molar-refractivity contribution in [1.82, 2.24) is 9.55 Å². The molecule has 3 aromatic heterocycles. The topological polar surface area (TPSA) is 90.3 Å². The molecule has 208 valence electrons. The molecule has 0 saturated carbocycles. The fourth-order valence-corrected chi connectivity index (χ4v) is 8.36. The summed E-state index contributed by atoms with van der Waals surface area (Å²) in [6.45, 7) is 2.24. The minimum absolute atomic E-state index is 0.00604. The molecule has 0 fully saturated rings. The monoisotopic (exact) mass is 601 g/mol. The molecule has 1 amide bonds. The van der Waals surface area contributed by atoms with Crippen LogP contribution in [0.5, 0.6) is 0 Å². The summed E-state index contributed by atoms with van der Waals surface area (Å²) in [6.07, 6.45) is 2.90. The van der Waals surface area contributed by atoms with Crippen molar-refractivity contribution >= 4 is 61.5 Å². The third-order valence-electron chi connectivity index (χ3n) is 7.16. The van der Waals surface area contributed by atoms with Crippen LogP contribution in [0, 0.1) is 5.92 Å². The Hall–Kier alpha value is -3.73. The molecule has 1 atom stereocenters. The molecule has 0 bridgehead atoms. The summed E-state index contributed by atoms with van der Waals surface area (Å²) >= 11 is 4.07. The molecule has 5 aromatic rings. The van der Waals surface area contributed by atoms with Crippen LogP contribution in [0.3, 0.4) is 0 Å². The summed E-state index contributed by atoms with van der Waals surface area (Å²) in [7, 11) is 1.32. The van der Waals surface area contributed by atoms with E-state index in [1.54, 1.807) is 15.9 Å². The van der Waals surface area contributed by atoms with E-state index in [1.807, 2.05) is 66.0 Å². The minimum atomic E-state index is -0.519. The zero-order valence-corrected chi connectivity index (χ0v) is 25.0. The van der Waals surface area contributed by atoms with Crippen molar-refractivity contribution in [1.29, 1.82) is 0 Å². The van der Waals surface area contributed by atoms with Crippen molar-refractivity contribution < 1.29 is 14.3 Å². The molecule has 0 radical (unpaired) electrons. The normalized spacial score (nSPS) is 14.5. The van der Waals surface area contributed by atoms with Gasteiger partial charge >= 0.3 is 5.97 Å². The van der Waals surface area contributed by atoms with Crippen LogP contribution in [0.4, 0.5) is 5.00 Å². The second-order valence-electron chi connectivity index (χ2n) is 9.95. The van der Waals surface area contributed by atoms with Gasteiger partial charge in [-0.25, -0.2) is 9.78 Å². The molecule has 1 N–H and O–H groups in total. The lowest BCUT2D eigenvalue weighted by atomic mass is 9.89. The number of fused-ring (bicyclic) bond motifs is 3. The fraction of sp³-hybridized carbons (Fsp3) is 0.226. The highest BCUT2D eigenvalue weighted by atomic mass is 32.2. The van der Waals surface area contributed by atoms with Crippen LogP contribution >= 0.6 is 34.4 Å². The maximum Gasteiger partial charge on any atom is 0.341 e. The van der Waals surface area contributed by atoms with E-state index in [1.165, 1.54) is 35.1 Å². The van der Waals surface area contributed by atoms with E-state index in [-0.39, 0.29) is 17.2 Å². The third kappa shape index (κ3) is 5.35. The number of hydrogen-bond acceptors (Lipinski definition) is 8. The Kier molecular flexibility index (Phi) is 7.79. The maximum atomic E-state index is 14.0. The van der Waals surface area contributed by atoms with Crippen LogP contribution in [-0.4, -0.2) is 34.3 Å². The van der Waals surface area contributed by atoms with Gasteiger partial charge in [-0.1, -0.05) is 67.2 Å². The van der Waals surface area contributed by atoms with Crippen LogP contribution in [0.25, 0.3) is 27.0 Å². The van der Waals surface area contributed by atoms with Crippen molar-refractivity contribution in [3.05, 3.63) is 92.4 Å². The molecule has 2 aromatic carbocycles. The highest BCUT2D eigenvalue weighted by molar-refractivity contribution is 7.99. The van der Waals surface area contributed by atoms with Crippen molar-refractivity contribution in [3.8, 4) is 16.8 Å².